The van der Waals surface area contributed by atoms with E-state index in [1.54, 1.807) is 0 Å². The molecule has 0 saturated heterocycles. The molecule has 0 spiro atoms. The summed E-state index contributed by atoms with van der Waals surface area (Å²) in [6.45, 7) is 4.48. The van der Waals surface area contributed by atoms with E-state index in [9.17, 15) is 0 Å². The molecule has 2 aromatic carbocycles. The molecule has 0 aliphatic heterocycles. The van der Waals surface area contributed by atoms with Crippen molar-refractivity contribution < 1.29 is 0 Å². The monoisotopic (exact) mass is 240 g/mol. The predicted octanol–water partition coefficient (Wildman–Crippen LogP) is 5.53. The van der Waals surface area contributed by atoms with Gasteiger partial charge in [0.2, 0.25) is 0 Å². The Morgan fingerprint density at radius 2 is 1.39 bits per heavy atom. The second-order valence-electron chi connectivity index (χ2n) is 5.18. The first kappa shape index (κ1) is 13.1. The van der Waals surface area contributed by atoms with Crippen LogP contribution in [-0.4, -0.2) is 0 Å². The van der Waals surface area contributed by atoms with Crippen LogP contribution in [0.2, 0.25) is 0 Å². The van der Waals surface area contributed by atoms with Gasteiger partial charge >= 0.3 is 0 Å². The minimum absolute atomic E-state index is 1.12. The molecule has 18 heavy (non-hydrogen) atoms. The highest BCUT2D eigenvalue weighted by Crippen LogP contribution is 2.19. The summed E-state index contributed by atoms with van der Waals surface area (Å²) in [5, 5.41) is 2.77. The molecule has 0 bridgehead atoms. The van der Waals surface area contributed by atoms with Crippen molar-refractivity contribution in [2.75, 3.05) is 0 Å². The lowest BCUT2D eigenvalue weighted by atomic mass is 10.0. The topological polar surface area (TPSA) is 0 Å². The van der Waals surface area contributed by atoms with Gasteiger partial charge in [-0.25, -0.2) is 0 Å². The summed E-state index contributed by atoms with van der Waals surface area (Å²) in [7, 11) is 0. The van der Waals surface area contributed by atoms with E-state index in [2.05, 4.69) is 50.2 Å². The van der Waals surface area contributed by atoms with Gasteiger partial charge in [0, 0.05) is 0 Å². The van der Waals surface area contributed by atoms with Gasteiger partial charge in [0.15, 0.2) is 0 Å². The Labute approximate surface area is 111 Å². The highest BCUT2D eigenvalue weighted by molar-refractivity contribution is 5.83. The van der Waals surface area contributed by atoms with Crippen LogP contribution in [0.5, 0.6) is 0 Å². The van der Waals surface area contributed by atoms with E-state index in [0.717, 1.165) is 6.42 Å². The molecule has 0 heterocycles. The summed E-state index contributed by atoms with van der Waals surface area (Å²) in [6, 6.07) is 13.8. The molecule has 2 aromatic rings. The van der Waals surface area contributed by atoms with Gasteiger partial charge in [0.05, 0.1) is 0 Å². The molecule has 0 aliphatic rings. The zero-order valence-corrected chi connectivity index (χ0v) is 11.7. The van der Waals surface area contributed by atoms with E-state index in [-0.39, 0.29) is 0 Å². The number of rotatable bonds is 6. The molecule has 96 valence electrons. The maximum Gasteiger partial charge on any atom is -0.0181 e. The first-order valence-electron chi connectivity index (χ1n) is 7.35. The van der Waals surface area contributed by atoms with Crippen molar-refractivity contribution in [3.63, 3.8) is 0 Å². The fourth-order valence-corrected chi connectivity index (χ4v) is 2.48. The summed E-state index contributed by atoms with van der Waals surface area (Å²) < 4.78 is 0. The van der Waals surface area contributed by atoms with Crippen molar-refractivity contribution in [3.8, 4) is 0 Å². The third kappa shape index (κ3) is 3.35. The Balaban J connectivity index is 2.08. The number of fused-ring (bicyclic) bond motifs is 1. The number of aryl methyl sites for hydroxylation is 2. The maximum atomic E-state index is 2.36. The van der Waals surface area contributed by atoms with Crippen LogP contribution in [0.3, 0.4) is 0 Å². The molecule has 0 nitrogen and oxygen atoms in total. The number of hydrogen-bond acceptors (Lipinski definition) is 0. The van der Waals surface area contributed by atoms with Crippen LogP contribution < -0.4 is 0 Å². The SMILES string of the molecule is CCCCCCc1ccc2cc(CC)ccc2c1. The molecule has 0 unspecified atom stereocenters. The predicted molar refractivity (Wildman–Crippen MR) is 81.2 cm³/mol. The van der Waals surface area contributed by atoms with Gasteiger partial charge in [0.1, 0.15) is 0 Å². The standard InChI is InChI=1S/C18H24/c1-3-5-6-7-8-16-10-12-17-13-15(4-2)9-11-18(17)14-16/h9-14H,3-8H2,1-2H3. The fourth-order valence-electron chi connectivity index (χ4n) is 2.48. The molecule has 0 saturated carbocycles. The first-order chi connectivity index (χ1) is 8.83. The lowest BCUT2D eigenvalue weighted by molar-refractivity contribution is 0.667. The Morgan fingerprint density at radius 3 is 2.06 bits per heavy atom. The number of unbranched alkanes of at least 4 members (excludes halogenated alkanes) is 3. The summed E-state index contributed by atoms with van der Waals surface area (Å²) in [5.74, 6) is 0. The molecular formula is C18H24. The lowest BCUT2D eigenvalue weighted by Gasteiger charge is -2.05. The van der Waals surface area contributed by atoms with Gasteiger partial charge in [-0.15, -0.1) is 0 Å². The number of benzene rings is 2. The zero-order chi connectivity index (χ0) is 12.8. The van der Waals surface area contributed by atoms with E-state index in [0.29, 0.717) is 0 Å². The average molecular weight is 240 g/mol. The third-order valence-electron chi connectivity index (χ3n) is 3.70. The van der Waals surface area contributed by atoms with Crippen LogP contribution in [0.15, 0.2) is 36.4 Å². The van der Waals surface area contributed by atoms with Crippen molar-refractivity contribution in [2.24, 2.45) is 0 Å². The third-order valence-corrected chi connectivity index (χ3v) is 3.70. The van der Waals surface area contributed by atoms with Crippen LogP contribution in [0, 0.1) is 0 Å². The second kappa shape index (κ2) is 6.58. The van der Waals surface area contributed by atoms with Crippen molar-refractivity contribution in [1.82, 2.24) is 0 Å². The van der Waals surface area contributed by atoms with Crippen LogP contribution in [-0.2, 0) is 12.8 Å². The summed E-state index contributed by atoms with van der Waals surface area (Å²) in [5.41, 5.74) is 2.92. The highest BCUT2D eigenvalue weighted by Gasteiger charge is 1.98. The minimum Gasteiger partial charge on any atom is -0.0654 e. The van der Waals surface area contributed by atoms with Gasteiger partial charge in [-0.3, -0.25) is 0 Å². The summed E-state index contributed by atoms with van der Waals surface area (Å²) >= 11 is 0. The van der Waals surface area contributed by atoms with Gasteiger partial charge in [-0.05, 0) is 41.2 Å². The second-order valence-corrected chi connectivity index (χ2v) is 5.18. The molecule has 0 fully saturated rings. The lowest BCUT2D eigenvalue weighted by Crippen LogP contribution is -1.87. The zero-order valence-electron chi connectivity index (χ0n) is 11.7. The molecule has 2 rings (SSSR count). The summed E-state index contributed by atoms with van der Waals surface area (Å²) in [6.07, 6.45) is 7.72. The molecule has 0 heteroatoms. The van der Waals surface area contributed by atoms with E-state index in [1.807, 2.05) is 0 Å². The largest absolute Gasteiger partial charge is 0.0654 e. The van der Waals surface area contributed by atoms with Gasteiger partial charge in [-0.1, -0.05) is 69.5 Å². The normalized spacial score (nSPS) is 11.0. The molecule has 0 N–H and O–H groups in total. The van der Waals surface area contributed by atoms with Crippen LogP contribution >= 0.6 is 0 Å². The van der Waals surface area contributed by atoms with Gasteiger partial charge in [-0.2, -0.15) is 0 Å². The van der Waals surface area contributed by atoms with Gasteiger partial charge < -0.3 is 0 Å². The molecule has 0 radical (unpaired) electrons. The molecule has 0 aliphatic carbocycles. The molecule has 0 aromatic heterocycles. The van der Waals surface area contributed by atoms with Gasteiger partial charge in [0.25, 0.3) is 0 Å². The van der Waals surface area contributed by atoms with Crippen molar-refractivity contribution >= 4 is 10.8 Å². The Hall–Kier alpha value is -1.30. The van der Waals surface area contributed by atoms with Crippen molar-refractivity contribution in [3.05, 3.63) is 47.5 Å². The minimum atomic E-state index is 1.12. The Bertz CT molecular complexity index is 496. The van der Waals surface area contributed by atoms with Crippen LogP contribution in [0.4, 0.5) is 0 Å². The Kier molecular flexibility index (Phi) is 4.81. The molecular weight excluding hydrogens is 216 g/mol. The maximum absolute atomic E-state index is 2.36. The van der Waals surface area contributed by atoms with Crippen LogP contribution in [0.1, 0.15) is 50.7 Å². The first-order valence-corrected chi connectivity index (χ1v) is 7.35. The van der Waals surface area contributed by atoms with E-state index in [1.165, 1.54) is 54.0 Å². The van der Waals surface area contributed by atoms with Crippen LogP contribution in [0.25, 0.3) is 10.8 Å². The average Bonchev–Trinajstić information content (AvgIpc) is 2.43. The van der Waals surface area contributed by atoms with E-state index < -0.39 is 0 Å². The summed E-state index contributed by atoms with van der Waals surface area (Å²) in [4.78, 5) is 0. The highest BCUT2D eigenvalue weighted by atomic mass is 14.0. The smallest absolute Gasteiger partial charge is 0.0181 e. The Morgan fingerprint density at radius 1 is 0.722 bits per heavy atom. The number of hydrogen-bond donors (Lipinski definition) is 0. The fraction of sp³-hybridized carbons (Fsp3) is 0.444. The van der Waals surface area contributed by atoms with E-state index in [4.69, 9.17) is 0 Å². The van der Waals surface area contributed by atoms with Crippen molar-refractivity contribution in [1.29, 1.82) is 0 Å². The molecule has 0 atom stereocenters. The molecule has 0 amide bonds. The quantitative estimate of drug-likeness (QED) is 0.583. The van der Waals surface area contributed by atoms with Crippen molar-refractivity contribution in [2.45, 2.75) is 52.4 Å². The van der Waals surface area contributed by atoms with E-state index >= 15 is 0 Å².